The molecule has 2 rings (SSSR count). The van der Waals surface area contributed by atoms with Crippen molar-refractivity contribution in [3.63, 3.8) is 0 Å². The number of aryl methyl sites for hydroxylation is 2. The first-order chi connectivity index (χ1) is 12.0. The van der Waals surface area contributed by atoms with E-state index in [1.807, 2.05) is 6.07 Å². The van der Waals surface area contributed by atoms with Gasteiger partial charge in [0.1, 0.15) is 12.4 Å². The van der Waals surface area contributed by atoms with E-state index in [2.05, 4.69) is 31.3 Å². The molecule has 0 saturated carbocycles. The number of ether oxygens (including phenoxy) is 1. The van der Waals surface area contributed by atoms with Crippen molar-refractivity contribution in [3.8, 4) is 5.75 Å². The van der Waals surface area contributed by atoms with Crippen LogP contribution < -0.4 is 10.1 Å². The normalized spacial score (nSPS) is 11.9. The molecule has 2 aromatic rings. The van der Waals surface area contributed by atoms with Crippen LogP contribution in [0.15, 0.2) is 36.4 Å². The zero-order valence-corrected chi connectivity index (χ0v) is 15.6. The number of halogens is 1. The molecule has 1 amide bonds. The quantitative estimate of drug-likeness (QED) is 0.788. The van der Waals surface area contributed by atoms with Crippen molar-refractivity contribution in [2.75, 3.05) is 7.05 Å². The van der Waals surface area contributed by atoms with Crippen LogP contribution in [0.5, 0.6) is 5.75 Å². The summed E-state index contributed by atoms with van der Waals surface area (Å²) in [5, 5.41) is 13.2. The van der Waals surface area contributed by atoms with Crippen LogP contribution in [0.2, 0.25) is 5.02 Å². The lowest BCUT2D eigenvalue weighted by Gasteiger charge is -2.17. The second-order valence-corrected chi connectivity index (χ2v) is 6.23. The van der Waals surface area contributed by atoms with Gasteiger partial charge in [0.25, 0.3) is 5.91 Å². The minimum Gasteiger partial charge on any atom is -0.489 e. The largest absolute Gasteiger partial charge is 0.489 e. The Morgan fingerprint density at radius 3 is 2.56 bits per heavy atom. The topological polar surface area (TPSA) is 58.6 Å². The van der Waals surface area contributed by atoms with Crippen LogP contribution in [0.25, 0.3) is 0 Å². The number of rotatable bonds is 7. The Morgan fingerprint density at radius 2 is 1.92 bits per heavy atom. The predicted octanol–water partition coefficient (Wildman–Crippen LogP) is 3.82. The Balaban J connectivity index is 2.29. The van der Waals surface area contributed by atoms with E-state index in [1.165, 1.54) is 12.6 Å². The van der Waals surface area contributed by atoms with Gasteiger partial charge in [-0.25, -0.2) is 0 Å². The molecule has 0 fully saturated rings. The van der Waals surface area contributed by atoms with E-state index in [4.69, 9.17) is 16.3 Å². The Hall–Kier alpha value is -2.04. The number of hydrogen-bond acceptors (Lipinski definition) is 3. The van der Waals surface area contributed by atoms with Gasteiger partial charge in [0, 0.05) is 12.1 Å². The molecule has 2 N–H and O–H groups in total. The lowest BCUT2D eigenvalue weighted by molar-refractivity contribution is -0.129. The predicted molar refractivity (Wildman–Crippen MR) is 100 cm³/mol. The third kappa shape index (κ3) is 4.74. The maximum atomic E-state index is 11.8. The minimum atomic E-state index is -1.26. The van der Waals surface area contributed by atoms with Crippen LogP contribution in [0.1, 0.15) is 42.2 Å². The molecular formula is C20H24ClNO3. The number of carbonyl (C=O) groups is 1. The fourth-order valence-electron chi connectivity index (χ4n) is 2.64. The molecule has 134 valence electrons. The van der Waals surface area contributed by atoms with Gasteiger partial charge in [-0.15, -0.1) is 0 Å². The van der Waals surface area contributed by atoms with Crippen LogP contribution in [0.3, 0.4) is 0 Å². The van der Waals surface area contributed by atoms with E-state index >= 15 is 0 Å². The van der Waals surface area contributed by atoms with Crippen molar-refractivity contribution < 1.29 is 14.6 Å². The average molecular weight is 362 g/mol. The molecule has 1 atom stereocenters. The van der Waals surface area contributed by atoms with Gasteiger partial charge in [-0.1, -0.05) is 43.6 Å². The summed E-state index contributed by atoms with van der Waals surface area (Å²) in [6.07, 6.45) is 0.536. The van der Waals surface area contributed by atoms with Gasteiger partial charge in [-0.2, -0.15) is 0 Å². The summed E-state index contributed by atoms with van der Waals surface area (Å²) in [7, 11) is 1.49. The summed E-state index contributed by atoms with van der Waals surface area (Å²) in [5.74, 6) is 0.355. The molecule has 25 heavy (non-hydrogen) atoms. The molecule has 0 heterocycles. The molecule has 1 unspecified atom stereocenters. The molecule has 0 aliphatic carbocycles. The summed E-state index contributed by atoms with van der Waals surface area (Å²) in [4.78, 5) is 11.8. The summed E-state index contributed by atoms with van der Waals surface area (Å²) >= 11 is 6.09. The molecule has 0 radical (unpaired) electrons. The van der Waals surface area contributed by atoms with E-state index in [-0.39, 0.29) is 6.61 Å². The van der Waals surface area contributed by atoms with Crippen molar-refractivity contribution in [2.45, 2.75) is 39.4 Å². The van der Waals surface area contributed by atoms with E-state index in [1.54, 1.807) is 18.2 Å². The van der Waals surface area contributed by atoms with Gasteiger partial charge in [-0.3, -0.25) is 4.79 Å². The van der Waals surface area contributed by atoms with E-state index in [9.17, 15) is 9.90 Å². The first kappa shape index (κ1) is 19.3. The number of nitrogens with one attached hydrogen (secondary N) is 1. The van der Waals surface area contributed by atoms with Crippen molar-refractivity contribution in [1.29, 1.82) is 0 Å². The standard InChI is InChI=1S/C20H24ClNO3/c1-4-13-6-7-14(5-2)18(10-13)25-12-15-11-16(21)8-9-17(15)19(23)20(24)22-3/h6-11,19,23H,4-5,12H2,1-3H3,(H,22,24). The van der Waals surface area contributed by atoms with Crippen molar-refractivity contribution in [2.24, 2.45) is 0 Å². The molecule has 0 bridgehead atoms. The monoisotopic (exact) mass is 361 g/mol. The molecule has 5 heteroatoms. The van der Waals surface area contributed by atoms with Gasteiger partial charge in [0.15, 0.2) is 6.10 Å². The van der Waals surface area contributed by atoms with Gasteiger partial charge in [0.2, 0.25) is 0 Å². The van der Waals surface area contributed by atoms with Gasteiger partial charge in [0.05, 0.1) is 0 Å². The highest BCUT2D eigenvalue weighted by Gasteiger charge is 2.20. The summed E-state index contributed by atoms with van der Waals surface area (Å²) in [6.45, 7) is 4.40. The van der Waals surface area contributed by atoms with Crippen LogP contribution in [0.4, 0.5) is 0 Å². The van der Waals surface area contributed by atoms with E-state index < -0.39 is 12.0 Å². The number of benzene rings is 2. The highest BCUT2D eigenvalue weighted by Crippen LogP contribution is 2.26. The summed E-state index contributed by atoms with van der Waals surface area (Å²) < 4.78 is 6.01. The van der Waals surface area contributed by atoms with Crippen LogP contribution in [0, 0.1) is 0 Å². The maximum Gasteiger partial charge on any atom is 0.253 e. The highest BCUT2D eigenvalue weighted by molar-refractivity contribution is 6.30. The lowest BCUT2D eigenvalue weighted by Crippen LogP contribution is -2.26. The van der Waals surface area contributed by atoms with Crippen molar-refractivity contribution in [3.05, 3.63) is 63.7 Å². The zero-order chi connectivity index (χ0) is 18.4. The molecule has 0 spiro atoms. The Morgan fingerprint density at radius 1 is 1.16 bits per heavy atom. The number of aliphatic hydroxyl groups is 1. The Kier molecular flexibility index (Phi) is 6.85. The summed E-state index contributed by atoms with van der Waals surface area (Å²) in [6, 6.07) is 11.3. The Labute approximate surface area is 153 Å². The van der Waals surface area contributed by atoms with Crippen LogP contribution in [-0.2, 0) is 24.2 Å². The SMILES string of the molecule is CCc1ccc(CC)c(OCc2cc(Cl)ccc2C(O)C(=O)NC)c1. The molecule has 0 aromatic heterocycles. The minimum absolute atomic E-state index is 0.226. The lowest BCUT2D eigenvalue weighted by atomic mass is 10.0. The fourth-order valence-corrected chi connectivity index (χ4v) is 2.84. The van der Waals surface area contributed by atoms with Crippen molar-refractivity contribution >= 4 is 17.5 Å². The van der Waals surface area contributed by atoms with E-state index in [0.717, 1.165) is 24.2 Å². The first-order valence-electron chi connectivity index (χ1n) is 8.42. The third-order valence-electron chi connectivity index (χ3n) is 4.20. The highest BCUT2D eigenvalue weighted by atomic mass is 35.5. The first-order valence-corrected chi connectivity index (χ1v) is 8.80. The van der Waals surface area contributed by atoms with E-state index in [0.29, 0.717) is 16.1 Å². The molecule has 2 aromatic carbocycles. The number of hydrogen-bond donors (Lipinski definition) is 2. The smallest absolute Gasteiger partial charge is 0.253 e. The molecule has 0 aliphatic rings. The second-order valence-electron chi connectivity index (χ2n) is 5.80. The number of carbonyl (C=O) groups excluding carboxylic acids is 1. The molecule has 0 aliphatic heterocycles. The van der Waals surface area contributed by atoms with Gasteiger partial charge >= 0.3 is 0 Å². The zero-order valence-electron chi connectivity index (χ0n) is 14.8. The molecule has 0 saturated heterocycles. The van der Waals surface area contributed by atoms with Crippen molar-refractivity contribution in [1.82, 2.24) is 5.32 Å². The molecule has 4 nitrogen and oxygen atoms in total. The third-order valence-corrected chi connectivity index (χ3v) is 4.43. The summed E-state index contributed by atoms with van der Waals surface area (Å²) in [5.41, 5.74) is 3.50. The fraction of sp³-hybridized carbons (Fsp3) is 0.350. The second kappa shape index (κ2) is 8.88. The maximum absolute atomic E-state index is 11.8. The van der Waals surface area contributed by atoms with Gasteiger partial charge in [-0.05, 0) is 53.3 Å². The van der Waals surface area contributed by atoms with Gasteiger partial charge < -0.3 is 15.2 Å². The average Bonchev–Trinajstić information content (AvgIpc) is 2.64. The van der Waals surface area contributed by atoms with Crippen LogP contribution in [-0.4, -0.2) is 18.1 Å². The molecular weight excluding hydrogens is 338 g/mol. The number of likely N-dealkylation sites (N-methyl/N-ethyl adjacent to an activating group) is 1. The number of aliphatic hydroxyl groups excluding tert-OH is 1. The Bertz CT molecular complexity index is 746. The number of amides is 1. The van der Waals surface area contributed by atoms with Crippen LogP contribution >= 0.6 is 11.6 Å².